The number of aliphatic carboxylic acids is 1. The Balaban J connectivity index is 2.12. The Hall–Kier alpha value is -1.51. The first kappa shape index (κ1) is 13.5. The summed E-state index contributed by atoms with van der Waals surface area (Å²) in [5.41, 5.74) is 1.74. The number of rotatable bonds is 1. The van der Waals surface area contributed by atoms with E-state index in [1.807, 2.05) is 19.1 Å². The minimum Gasteiger partial charge on any atom is -0.508 e. The largest absolute Gasteiger partial charge is 0.508 e. The zero-order valence-electron chi connectivity index (χ0n) is 12.1. The Kier molecular flexibility index (Phi) is 2.86. The molecule has 108 valence electrons. The van der Waals surface area contributed by atoms with Crippen molar-refractivity contribution >= 4 is 5.97 Å². The summed E-state index contributed by atoms with van der Waals surface area (Å²) in [7, 11) is 0. The van der Waals surface area contributed by atoms with Gasteiger partial charge in [0.2, 0.25) is 0 Å². The monoisotopic (exact) mass is 274 g/mol. The first-order chi connectivity index (χ1) is 9.38. The Morgan fingerprint density at radius 3 is 2.75 bits per heavy atom. The van der Waals surface area contributed by atoms with Gasteiger partial charge in [-0.25, -0.2) is 0 Å². The molecule has 0 radical (unpaired) electrons. The molecule has 0 aromatic heterocycles. The van der Waals surface area contributed by atoms with E-state index < -0.39 is 11.4 Å². The molecule has 3 heteroatoms. The highest BCUT2D eigenvalue weighted by atomic mass is 16.4. The lowest BCUT2D eigenvalue weighted by Crippen LogP contribution is -2.52. The quantitative estimate of drug-likeness (QED) is 0.824. The maximum Gasteiger partial charge on any atom is 0.309 e. The predicted octanol–water partition coefficient (Wildman–Crippen LogP) is 3.49. The fraction of sp³-hybridized carbons (Fsp3) is 0.588. The van der Waals surface area contributed by atoms with Gasteiger partial charge in [-0.15, -0.1) is 0 Å². The number of aromatic hydroxyl groups is 1. The summed E-state index contributed by atoms with van der Waals surface area (Å²) in [6, 6.07) is 5.59. The molecule has 1 aromatic carbocycles. The Morgan fingerprint density at radius 1 is 1.30 bits per heavy atom. The van der Waals surface area contributed by atoms with Gasteiger partial charge in [-0.2, -0.15) is 0 Å². The number of carboxylic acid groups (broad SMARTS) is 1. The SMILES string of the molecule is C[C@]1(C(=O)O)CCC[C@]2(C)c3ccc(O)cc3CC[C@H]12. The molecule has 0 unspecified atom stereocenters. The van der Waals surface area contributed by atoms with Gasteiger partial charge in [0.1, 0.15) is 5.75 Å². The van der Waals surface area contributed by atoms with Gasteiger partial charge in [-0.3, -0.25) is 4.79 Å². The highest BCUT2D eigenvalue weighted by molar-refractivity contribution is 5.75. The molecule has 3 rings (SSSR count). The van der Waals surface area contributed by atoms with Gasteiger partial charge in [0.05, 0.1) is 5.41 Å². The lowest BCUT2D eigenvalue weighted by Gasteiger charge is -2.53. The molecule has 0 amide bonds. The summed E-state index contributed by atoms with van der Waals surface area (Å²) in [4.78, 5) is 11.8. The number of carboxylic acids is 1. The smallest absolute Gasteiger partial charge is 0.309 e. The van der Waals surface area contributed by atoms with Gasteiger partial charge in [-0.1, -0.05) is 19.4 Å². The minimum absolute atomic E-state index is 0.0767. The van der Waals surface area contributed by atoms with E-state index in [1.54, 1.807) is 6.07 Å². The average molecular weight is 274 g/mol. The van der Waals surface area contributed by atoms with Crippen LogP contribution in [0.4, 0.5) is 0 Å². The second kappa shape index (κ2) is 4.24. The summed E-state index contributed by atoms with van der Waals surface area (Å²) in [6.45, 7) is 4.13. The predicted molar refractivity (Wildman–Crippen MR) is 76.9 cm³/mol. The molecular formula is C17H22O3. The average Bonchev–Trinajstić information content (AvgIpc) is 2.37. The van der Waals surface area contributed by atoms with E-state index in [4.69, 9.17) is 0 Å². The second-order valence-corrected chi connectivity index (χ2v) is 6.93. The Morgan fingerprint density at radius 2 is 2.05 bits per heavy atom. The second-order valence-electron chi connectivity index (χ2n) is 6.93. The number of fused-ring (bicyclic) bond motifs is 3. The normalized spacial score (nSPS) is 36.0. The number of benzene rings is 1. The number of carbonyl (C=O) groups is 1. The molecule has 0 saturated heterocycles. The summed E-state index contributed by atoms with van der Waals surface area (Å²) < 4.78 is 0. The van der Waals surface area contributed by atoms with Crippen molar-refractivity contribution in [3.8, 4) is 5.75 Å². The van der Waals surface area contributed by atoms with Gasteiger partial charge in [0.25, 0.3) is 0 Å². The van der Waals surface area contributed by atoms with Crippen LogP contribution in [0.5, 0.6) is 5.75 Å². The van der Waals surface area contributed by atoms with E-state index in [9.17, 15) is 15.0 Å². The van der Waals surface area contributed by atoms with Crippen LogP contribution in [0.3, 0.4) is 0 Å². The van der Waals surface area contributed by atoms with Crippen LogP contribution in [0.15, 0.2) is 18.2 Å². The molecule has 3 atom stereocenters. The van der Waals surface area contributed by atoms with E-state index >= 15 is 0 Å². The molecule has 20 heavy (non-hydrogen) atoms. The van der Waals surface area contributed by atoms with Crippen LogP contribution in [0.1, 0.15) is 50.7 Å². The van der Waals surface area contributed by atoms with Crippen molar-refractivity contribution in [3.63, 3.8) is 0 Å². The van der Waals surface area contributed by atoms with Crippen LogP contribution in [-0.2, 0) is 16.6 Å². The number of hydrogen-bond acceptors (Lipinski definition) is 2. The Bertz CT molecular complexity index is 565. The summed E-state index contributed by atoms with van der Waals surface area (Å²) >= 11 is 0. The van der Waals surface area contributed by atoms with Gasteiger partial charge in [-0.05, 0) is 67.2 Å². The van der Waals surface area contributed by atoms with Crippen molar-refractivity contribution in [2.24, 2.45) is 11.3 Å². The van der Waals surface area contributed by atoms with E-state index in [-0.39, 0.29) is 11.3 Å². The molecule has 1 saturated carbocycles. The third-order valence-electron chi connectivity index (χ3n) is 5.83. The lowest BCUT2D eigenvalue weighted by atomic mass is 9.50. The summed E-state index contributed by atoms with van der Waals surface area (Å²) in [5, 5.41) is 19.4. The third-order valence-corrected chi connectivity index (χ3v) is 5.83. The molecule has 3 nitrogen and oxygen atoms in total. The molecule has 1 aromatic rings. The minimum atomic E-state index is -0.657. The molecule has 0 spiro atoms. The number of hydrogen-bond donors (Lipinski definition) is 2. The molecule has 2 aliphatic rings. The van der Waals surface area contributed by atoms with E-state index in [2.05, 4.69) is 6.92 Å². The van der Waals surface area contributed by atoms with Crippen LogP contribution in [0, 0.1) is 11.3 Å². The van der Waals surface area contributed by atoms with Crippen molar-refractivity contribution in [1.82, 2.24) is 0 Å². The van der Waals surface area contributed by atoms with Crippen LogP contribution in [0.25, 0.3) is 0 Å². The van der Waals surface area contributed by atoms with Crippen molar-refractivity contribution < 1.29 is 15.0 Å². The lowest BCUT2D eigenvalue weighted by molar-refractivity contribution is -0.157. The maximum absolute atomic E-state index is 11.8. The van der Waals surface area contributed by atoms with E-state index in [1.165, 1.54) is 11.1 Å². The first-order valence-corrected chi connectivity index (χ1v) is 7.44. The van der Waals surface area contributed by atoms with Gasteiger partial charge in [0.15, 0.2) is 0 Å². The van der Waals surface area contributed by atoms with Gasteiger partial charge >= 0.3 is 5.97 Å². The van der Waals surface area contributed by atoms with Crippen molar-refractivity contribution in [2.45, 2.75) is 51.4 Å². The van der Waals surface area contributed by atoms with Crippen molar-refractivity contribution in [1.29, 1.82) is 0 Å². The topological polar surface area (TPSA) is 57.5 Å². The molecular weight excluding hydrogens is 252 g/mol. The third kappa shape index (κ3) is 1.68. The zero-order valence-corrected chi connectivity index (χ0v) is 12.1. The molecule has 0 heterocycles. The molecule has 0 bridgehead atoms. The molecule has 0 aliphatic heterocycles. The van der Waals surface area contributed by atoms with Crippen LogP contribution in [-0.4, -0.2) is 16.2 Å². The fourth-order valence-electron chi connectivity index (χ4n) is 4.73. The van der Waals surface area contributed by atoms with E-state index in [0.29, 0.717) is 5.75 Å². The maximum atomic E-state index is 11.8. The molecule has 2 N–H and O–H groups in total. The van der Waals surface area contributed by atoms with Gasteiger partial charge < -0.3 is 10.2 Å². The summed E-state index contributed by atoms with van der Waals surface area (Å²) in [6.07, 6.45) is 4.53. The Labute approximate surface area is 119 Å². The zero-order chi connectivity index (χ0) is 14.5. The van der Waals surface area contributed by atoms with Crippen molar-refractivity contribution in [3.05, 3.63) is 29.3 Å². The summed E-state index contributed by atoms with van der Waals surface area (Å²) in [5.74, 6) is -0.170. The standard InChI is InChI=1S/C17H22O3/c1-16-8-3-9-17(2,15(19)20)14(16)7-4-11-10-12(18)5-6-13(11)16/h5-6,10,14,18H,3-4,7-9H2,1-2H3,(H,19,20)/t14-,16+,17-/m0/s1. The first-order valence-electron chi connectivity index (χ1n) is 7.44. The van der Waals surface area contributed by atoms with Crippen LogP contribution >= 0.6 is 0 Å². The van der Waals surface area contributed by atoms with Gasteiger partial charge in [0, 0.05) is 0 Å². The highest BCUT2D eigenvalue weighted by Crippen LogP contribution is 2.57. The molecule has 1 fully saturated rings. The number of aryl methyl sites for hydroxylation is 1. The fourth-order valence-corrected chi connectivity index (χ4v) is 4.73. The number of phenols is 1. The van der Waals surface area contributed by atoms with Crippen LogP contribution in [0.2, 0.25) is 0 Å². The highest BCUT2D eigenvalue weighted by Gasteiger charge is 2.55. The van der Waals surface area contributed by atoms with E-state index in [0.717, 1.165) is 32.1 Å². The van der Waals surface area contributed by atoms with Crippen molar-refractivity contribution in [2.75, 3.05) is 0 Å². The van der Waals surface area contributed by atoms with Crippen LogP contribution < -0.4 is 0 Å². The molecule has 2 aliphatic carbocycles. The number of phenolic OH excluding ortho intramolecular Hbond substituents is 1.